The zero-order valence-electron chi connectivity index (χ0n) is 23.7. The second kappa shape index (κ2) is 11.6. The zero-order chi connectivity index (χ0) is 31.9. The van der Waals surface area contributed by atoms with E-state index in [0.717, 1.165) is 10.5 Å². The molecule has 0 saturated carbocycles. The van der Waals surface area contributed by atoms with Crippen LogP contribution in [-0.4, -0.2) is 65.4 Å². The average Bonchev–Trinajstić information content (AvgIpc) is 3.21. The minimum absolute atomic E-state index is 0.00574. The van der Waals surface area contributed by atoms with E-state index in [2.05, 4.69) is 0 Å². The lowest BCUT2D eigenvalue weighted by Crippen LogP contribution is -2.57. The number of amides is 3. The predicted octanol–water partition coefficient (Wildman–Crippen LogP) is 5.97. The molecule has 0 spiro atoms. The normalized spacial score (nSPS) is 20.9. The molecular formula is C30H31F6N3O4. The smallest absolute Gasteiger partial charge is 0.335 e. The van der Waals surface area contributed by atoms with E-state index in [1.54, 1.807) is 23.1 Å². The lowest BCUT2D eigenvalue weighted by Gasteiger charge is -2.47. The van der Waals surface area contributed by atoms with Crippen LogP contribution in [-0.2, 0) is 26.7 Å². The number of aldehydes is 2. The third-order valence-electron chi connectivity index (χ3n) is 8.67. The first kappa shape index (κ1) is 32.0. The van der Waals surface area contributed by atoms with Gasteiger partial charge in [0.15, 0.2) is 0 Å². The number of nitrogens with zero attached hydrogens (tertiary/aromatic N) is 3. The Labute approximate surface area is 244 Å². The quantitative estimate of drug-likeness (QED) is 0.286. The first-order valence-corrected chi connectivity index (χ1v) is 13.6. The fraction of sp³-hybridized carbons (Fsp3) is 0.467. The van der Waals surface area contributed by atoms with E-state index in [9.17, 15) is 45.5 Å². The summed E-state index contributed by atoms with van der Waals surface area (Å²) in [6.07, 6.45) is -9.17. The van der Waals surface area contributed by atoms with Crippen molar-refractivity contribution in [2.24, 2.45) is 5.41 Å². The molecule has 0 radical (unpaired) electrons. The van der Waals surface area contributed by atoms with Gasteiger partial charge in [-0.3, -0.25) is 4.79 Å². The third-order valence-corrected chi connectivity index (χ3v) is 8.67. The number of benzene rings is 2. The Balaban J connectivity index is 1.75. The van der Waals surface area contributed by atoms with Gasteiger partial charge in [0.2, 0.25) is 5.91 Å². The number of hydrogen-bond acceptors (Lipinski definition) is 4. The van der Waals surface area contributed by atoms with Crippen LogP contribution in [0.15, 0.2) is 42.5 Å². The number of fused-ring (bicyclic) bond motifs is 1. The fourth-order valence-electron chi connectivity index (χ4n) is 6.23. The van der Waals surface area contributed by atoms with Crippen molar-refractivity contribution in [2.45, 2.75) is 63.6 Å². The van der Waals surface area contributed by atoms with E-state index in [-0.39, 0.29) is 49.9 Å². The Kier molecular flexibility index (Phi) is 8.67. The lowest BCUT2D eigenvalue weighted by atomic mass is 9.77. The Morgan fingerprint density at radius 1 is 1.00 bits per heavy atom. The zero-order valence-corrected chi connectivity index (χ0v) is 23.7. The van der Waals surface area contributed by atoms with E-state index in [4.69, 9.17) is 0 Å². The molecule has 4 rings (SSSR count). The predicted molar refractivity (Wildman–Crippen MR) is 143 cm³/mol. The molecule has 2 aromatic carbocycles. The van der Waals surface area contributed by atoms with Crippen LogP contribution < -0.4 is 0 Å². The number of carbonyl (C=O) groups excluding carboxylic acids is 4. The van der Waals surface area contributed by atoms with Crippen LogP contribution in [0.1, 0.15) is 66.1 Å². The first-order chi connectivity index (χ1) is 20.1. The number of halogens is 6. The van der Waals surface area contributed by atoms with Gasteiger partial charge in [-0.05, 0) is 55.2 Å². The molecule has 3 amide bonds. The highest BCUT2D eigenvalue weighted by Crippen LogP contribution is 2.49. The van der Waals surface area contributed by atoms with Gasteiger partial charge in [-0.25, -0.2) is 4.79 Å². The van der Waals surface area contributed by atoms with Gasteiger partial charge >= 0.3 is 18.4 Å². The van der Waals surface area contributed by atoms with Crippen molar-refractivity contribution in [3.05, 3.63) is 70.3 Å². The minimum atomic E-state index is -5.05. The van der Waals surface area contributed by atoms with Crippen molar-refractivity contribution in [1.82, 2.24) is 14.7 Å². The Hall–Kier alpha value is -3.90. The largest absolute Gasteiger partial charge is 0.416 e. The molecule has 3 atom stereocenters. The van der Waals surface area contributed by atoms with Crippen molar-refractivity contribution < 1.29 is 45.5 Å². The van der Waals surface area contributed by atoms with E-state index < -0.39 is 53.1 Å². The lowest BCUT2D eigenvalue weighted by molar-refractivity contribution is -0.143. The third kappa shape index (κ3) is 5.98. The van der Waals surface area contributed by atoms with Gasteiger partial charge in [0.05, 0.1) is 34.7 Å². The molecule has 0 aliphatic carbocycles. The molecule has 0 N–H and O–H groups in total. The van der Waals surface area contributed by atoms with Crippen LogP contribution in [0.2, 0.25) is 0 Å². The summed E-state index contributed by atoms with van der Waals surface area (Å²) in [7, 11) is 1.30. The fourth-order valence-corrected chi connectivity index (χ4v) is 6.23. The Morgan fingerprint density at radius 3 is 2.07 bits per heavy atom. The molecule has 7 nitrogen and oxygen atoms in total. The second-order valence-electron chi connectivity index (χ2n) is 11.2. The van der Waals surface area contributed by atoms with Crippen LogP contribution in [0.25, 0.3) is 0 Å². The van der Waals surface area contributed by atoms with E-state index in [1.165, 1.54) is 18.9 Å². The maximum absolute atomic E-state index is 14.0. The molecule has 0 bridgehead atoms. The second-order valence-corrected chi connectivity index (χ2v) is 11.2. The maximum atomic E-state index is 14.0. The van der Waals surface area contributed by atoms with Crippen LogP contribution in [0, 0.1) is 12.3 Å². The topological polar surface area (TPSA) is 78.0 Å². The Morgan fingerprint density at radius 2 is 1.56 bits per heavy atom. The molecule has 13 heteroatoms. The molecule has 2 saturated heterocycles. The highest BCUT2D eigenvalue weighted by molar-refractivity contribution is 5.90. The van der Waals surface area contributed by atoms with Gasteiger partial charge in [-0.15, -0.1) is 0 Å². The summed E-state index contributed by atoms with van der Waals surface area (Å²) in [4.78, 5) is 54.8. The molecule has 43 heavy (non-hydrogen) atoms. The maximum Gasteiger partial charge on any atom is 0.416 e. The number of hydrogen-bond donors (Lipinski definition) is 0. The van der Waals surface area contributed by atoms with Crippen LogP contribution >= 0.6 is 0 Å². The average molecular weight is 612 g/mol. The summed E-state index contributed by atoms with van der Waals surface area (Å²) < 4.78 is 81.1. The summed E-state index contributed by atoms with van der Waals surface area (Å²) in [5, 5.41) is 0. The molecule has 2 fully saturated rings. The molecule has 2 aromatic rings. The van der Waals surface area contributed by atoms with Crippen molar-refractivity contribution >= 4 is 24.5 Å². The summed E-state index contributed by atoms with van der Waals surface area (Å²) in [6, 6.07) is 5.12. The molecule has 2 heterocycles. The summed E-state index contributed by atoms with van der Waals surface area (Å²) >= 11 is 0. The van der Waals surface area contributed by atoms with Crippen LogP contribution in [0.5, 0.6) is 0 Å². The standard InChI is InChI=1S/C30H31F6N3O4/c1-18-6-4-5-7-23(18)25-24-17-28(8-12-40,9-13-41)26(42)38(24)10-11-39(25)27(43)37(3)19(2)20-14-21(29(31,32)33)16-22(15-20)30(34,35)36/h4-7,12-16,19,24-25H,8-11,17H2,1-3H3/t19-,24?,25?/m1/s1. The van der Waals surface area contributed by atoms with Crippen molar-refractivity contribution in [2.75, 3.05) is 20.1 Å². The molecule has 2 aliphatic heterocycles. The molecule has 2 unspecified atom stereocenters. The van der Waals surface area contributed by atoms with Crippen LogP contribution in [0.4, 0.5) is 31.1 Å². The van der Waals surface area contributed by atoms with Gasteiger partial charge in [0.25, 0.3) is 0 Å². The highest BCUT2D eigenvalue weighted by atomic mass is 19.4. The summed E-state index contributed by atoms with van der Waals surface area (Å²) in [6.45, 7) is 3.23. The number of rotatable bonds is 7. The summed E-state index contributed by atoms with van der Waals surface area (Å²) in [5.74, 6) is -0.368. The molecule has 232 valence electrons. The number of aryl methyl sites for hydroxylation is 1. The number of alkyl halides is 6. The number of piperazine rings is 1. The SMILES string of the molecule is Cc1ccccc1C1C2CC(CC=O)(CC=O)C(=O)N2CCN1C(=O)N(C)[C@H](C)c1cc(C(F)(F)F)cc(C(F)(F)F)c1. The highest BCUT2D eigenvalue weighted by Gasteiger charge is 2.56. The number of carbonyl (C=O) groups is 4. The molecule has 0 aromatic heterocycles. The van der Waals surface area contributed by atoms with Gasteiger partial charge in [-0.2, -0.15) is 26.3 Å². The van der Waals surface area contributed by atoms with Crippen molar-refractivity contribution in [1.29, 1.82) is 0 Å². The number of urea groups is 1. The van der Waals surface area contributed by atoms with E-state index in [0.29, 0.717) is 30.3 Å². The Bertz CT molecular complexity index is 1370. The van der Waals surface area contributed by atoms with E-state index >= 15 is 0 Å². The first-order valence-electron chi connectivity index (χ1n) is 13.6. The van der Waals surface area contributed by atoms with Gasteiger partial charge in [0.1, 0.15) is 12.6 Å². The van der Waals surface area contributed by atoms with Gasteiger partial charge in [-0.1, -0.05) is 24.3 Å². The van der Waals surface area contributed by atoms with Crippen molar-refractivity contribution in [3.8, 4) is 0 Å². The van der Waals surface area contributed by atoms with Gasteiger partial charge < -0.3 is 24.3 Å². The summed E-state index contributed by atoms with van der Waals surface area (Å²) in [5.41, 5.74) is -3.11. The minimum Gasteiger partial charge on any atom is -0.335 e. The van der Waals surface area contributed by atoms with Crippen molar-refractivity contribution in [3.63, 3.8) is 0 Å². The monoisotopic (exact) mass is 611 g/mol. The molecule has 2 aliphatic rings. The van der Waals surface area contributed by atoms with E-state index in [1.807, 2.05) is 13.0 Å². The van der Waals surface area contributed by atoms with Crippen LogP contribution in [0.3, 0.4) is 0 Å². The molecular weight excluding hydrogens is 580 g/mol. The van der Waals surface area contributed by atoms with Gasteiger partial charge in [0, 0.05) is 33.0 Å².